The second-order valence-electron chi connectivity index (χ2n) is 20.9. The summed E-state index contributed by atoms with van der Waals surface area (Å²) < 4.78 is 157. The maximum absolute atomic E-state index is 13.1. The number of nitrogens with zero attached hydrogens (tertiary/aromatic N) is 10. The van der Waals surface area contributed by atoms with Gasteiger partial charge in [0.15, 0.2) is 33.8 Å². The van der Waals surface area contributed by atoms with Crippen LogP contribution in [0.15, 0.2) is 105 Å². The van der Waals surface area contributed by atoms with Crippen molar-refractivity contribution in [3.63, 3.8) is 0 Å². The number of urea groups is 1. The Kier molecular flexibility index (Phi) is 31.7. The maximum atomic E-state index is 13.1. The van der Waals surface area contributed by atoms with Gasteiger partial charge in [0.05, 0.1) is 42.0 Å². The molecule has 0 aliphatic rings. The average molecular weight is 1470 g/mol. The highest BCUT2D eigenvalue weighted by Crippen LogP contribution is 2.41. The molecule has 0 unspecified atom stereocenters. The van der Waals surface area contributed by atoms with E-state index in [1.165, 1.54) is 64.1 Å². The van der Waals surface area contributed by atoms with Crippen LogP contribution in [0.1, 0.15) is 113 Å². The van der Waals surface area contributed by atoms with Crippen LogP contribution < -0.4 is 30.6 Å². The third-order valence-corrected chi connectivity index (χ3v) is 13.5. The number of hydrogen-bond donors (Lipinski definition) is 3. The Morgan fingerprint density at radius 1 is 0.656 bits per heavy atom. The number of carbonyl (C=O) groups is 2. The predicted octanol–water partition coefficient (Wildman–Crippen LogP) is 16.1. The van der Waals surface area contributed by atoms with E-state index in [2.05, 4.69) is 41.1 Å². The van der Waals surface area contributed by atoms with E-state index >= 15 is 0 Å². The largest absolute Gasteiger partial charge is 0.493 e. The minimum atomic E-state index is -4.59. The third-order valence-electron chi connectivity index (χ3n) is 13.5. The molecular formula is C65H79F9IN13O8. The lowest BCUT2D eigenvalue weighted by atomic mass is 10.0. The van der Waals surface area contributed by atoms with Crippen molar-refractivity contribution < 1.29 is 78.3 Å². The second-order valence-corrected chi connectivity index (χ2v) is 20.9. The molecule has 6 aromatic heterocycles. The number of hydrogen-bond acceptors (Lipinski definition) is 17. The highest BCUT2D eigenvalue weighted by atomic mass is 127. The molecule has 21 nitrogen and oxygen atoms in total. The van der Waals surface area contributed by atoms with E-state index in [-0.39, 0.29) is 51.6 Å². The van der Waals surface area contributed by atoms with E-state index < -0.39 is 35.6 Å². The van der Waals surface area contributed by atoms with E-state index in [1.54, 1.807) is 44.6 Å². The highest BCUT2D eigenvalue weighted by Gasteiger charge is 2.40. The zero-order valence-corrected chi connectivity index (χ0v) is 56.7. The van der Waals surface area contributed by atoms with Crippen LogP contribution in [0.2, 0.25) is 0 Å². The first-order valence-corrected chi connectivity index (χ1v) is 31.7. The fourth-order valence-corrected chi connectivity index (χ4v) is 9.15. The van der Waals surface area contributed by atoms with Crippen LogP contribution in [0.5, 0.6) is 17.2 Å². The van der Waals surface area contributed by atoms with Gasteiger partial charge in [0.25, 0.3) is 0 Å². The van der Waals surface area contributed by atoms with Crippen LogP contribution >= 0.6 is 22.6 Å². The van der Waals surface area contributed by atoms with E-state index in [0.717, 1.165) is 30.8 Å². The molecule has 4 N–H and O–H groups in total. The van der Waals surface area contributed by atoms with Gasteiger partial charge in [-0.2, -0.15) is 44.8 Å². The number of ether oxygens (including phenoxy) is 3. The first-order valence-electron chi connectivity index (χ1n) is 30.9. The summed E-state index contributed by atoms with van der Waals surface area (Å²) in [6.45, 7) is 13.7. The number of nitrogens with one attached hydrogen (secondary N) is 2. The molecule has 96 heavy (non-hydrogen) atoms. The molecule has 31 heteroatoms. The topological polar surface area (TPSA) is 264 Å². The quantitative estimate of drug-likeness (QED) is 0.0246. The van der Waals surface area contributed by atoms with Gasteiger partial charge < -0.3 is 48.6 Å². The molecule has 0 saturated carbocycles. The standard InChI is InChI=1S/C22H25F3N4O3.C19H21F3N4O3.C15H19F3N2O2.C6H8N2.C2H3N.CH3I/c1-4-7-15-17(11-10-16-19(15)32-28-20(16)22(23,24)25)31-13-6-12-29(3)21(30)27-18-9-5-8-14(2)26-18;1-3-5-13-15(7-6-14-16(13)29-24-17(14)19(20,21)22)28-11-4-9-25(2)18(27)26-10-8-23-12-26;1-3-5-10-12(21-9-4-8-19-2)7-6-11-13(10)22-20-14(11)15(16,17)18;1-5-3-2-4-6(7)8-5;1-2-3;1-2/h5,8-11H,4,6-7,12-13H2,1-3H3,(H,26,27,30);6-8,10,12H,3-5,9,11H2,1-2H3;6-7,19H,3-5,8-9H2,1-2H3;2-4H,1H3,(H2,7,8);1H3;1H3/i;;;;;1D. The lowest BCUT2D eigenvalue weighted by Crippen LogP contribution is -2.33. The number of halogens is 10. The van der Waals surface area contributed by atoms with Gasteiger partial charge in [-0.3, -0.25) is 9.88 Å². The highest BCUT2D eigenvalue weighted by molar-refractivity contribution is 14.1. The zero-order valence-electron chi connectivity index (χ0n) is 55.6. The molecule has 0 aliphatic heterocycles. The van der Waals surface area contributed by atoms with Gasteiger partial charge in [0.2, 0.25) is 0 Å². The van der Waals surface area contributed by atoms with Crippen molar-refractivity contribution >= 4 is 79.2 Å². The number of pyridine rings is 2. The summed E-state index contributed by atoms with van der Waals surface area (Å²) in [4.78, 5) is 40.0. The van der Waals surface area contributed by atoms with Crippen LogP contribution in [-0.2, 0) is 37.8 Å². The molecule has 0 fully saturated rings. The van der Waals surface area contributed by atoms with Crippen molar-refractivity contribution in [2.75, 3.05) is 76.6 Å². The summed E-state index contributed by atoms with van der Waals surface area (Å²) in [5.41, 5.74) is 6.19. The van der Waals surface area contributed by atoms with Crippen LogP contribution in [0.3, 0.4) is 0 Å². The molecule has 6 heterocycles. The van der Waals surface area contributed by atoms with Gasteiger partial charge in [0.1, 0.15) is 35.2 Å². The van der Waals surface area contributed by atoms with Gasteiger partial charge in [-0.05, 0) is 132 Å². The van der Waals surface area contributed by atoms with E-state index in [9.17, 15) is 49.1 Å². The van der Waals surface area contributed by atoms with Crippen LogP contribution in [0.4, 0.5) is 60.7 Å². The summed E-state index contributed by atoms with van der Waals surface area (Å²) in [7, 11) is 5.18. The minimum Gasteiger partial charge on any atom is -0.493 e. The Balaban J connectivity index is 0.000000284. The average Bonchev–Trinajstić information content (AvgIpc) is 1.67. The molecule has 0 spiro atoms. The number of aryl methyl sites for hydroxylation is 5. The number of benzene rings is 3. The van der Waals surface area contributed by atoms with E-state index in [0.29, 0.717) is 122 Å². The van der Waals surface area contributed by atoms with Crippen LogP contribution in [-0.4, -0.2) is 122 Å². The molecular weight excluding hydrogens is 1390 g/mol. The van der Waals surface area contributed by atoms with Crippen molar-refractivity contribution in [3.8, 4) is 23.3 Å². The van der Waals surface area contributed by atoms with Crippen molar-refractivity contribution in [2.24, 2.45) is 0 Å². The van der Waals surface area contributed by atoms with E-state index in [1.807, 2.05) is 88.5 Å². The molecule has 0 aliphatic carbocycles. The minimum absolute atomic E-state index is 0.0153. The molecule has 9 aromatic rings. The predicted molar refractivity (Wildman–Crippen MR) is 354 cm³/mol. The third kappa shape index (κ3) is 23.8. The molecule has 522 valence electrons. The van der Waals surface area contributed by atoms with Gasteiger partial charge >= 0.3 is 30.6 Å². The molecule has 0 radical (unpaired) electrons. The second kappa shape index (κ2) is 39.2. The lowest BCUT2D eigenvalue weighted by Gasteiger charge is -2.18. The fraction of sp³-hybridized carbons (Fsp3) is 0.431. The Bertz CT molecular complexity index is 3880. The van der Waals surface area contributed by atoms with Gasteiger partial charge in [0, 0.05) is 76.0 Å². The van der Waals surface area contributed by atoms with Crippen molar-refractivity contribution in [2.45, 2.75) is 118 Å². The molecule has 0 bridgehead atoms. The molecule has 3 amide bonds. The number of fused-ring (bicyclic) bond motifs is 3. The number of aromatic nitrogens is 7. The number of anilines is 2. The molecule has 3 aromatic carbocycles. The number of nitrogen functional groups attached to an aromatic ring is 1. The first kappa shape index (κ1) is 77.8. The summed E-state index contributed by atoms with van der Waals surface area (Å²) in [5.74, 6) is 2.55. The molecule has 0 saturated heterocycles. The van der Waals surface area contributed by atoms with Gasteiger partial charge in [-0.15, -0.1) is 0 Å². The van der Waals surface area contributed by atoms with Crippen molar-refractivity contribution in [1.82, 2.24) is 50.1 Å². The summed E-state index contributed by atoms with van der Waals surface area (Å²) in [6, 6.07) is 20.8. The monoisotopic (exact) mass is 1470 g/mol. The van der Waals surface area contributed by atoms with Crippen LogP contribution in [0, 0.1) is 25.2 Å². The number of imidazole rings is 1. The lowest BCUT2D eigenvalue weighted by molar-refractivity contribution is -0.142. The fourth-order valence-electron chi connectivity index (χ4n) is 9.15. The smallest absolute Gasteiger partial charge is 0.437 e. The number of amides is 3. The molecule has 0 atom stereocenters. The Labute approximate surface area is 564 Å². The van der Waals surface area contributed by atoms with Crippen molar-refractivity contribution in [1.29, 1.82) is 5.26 Å². The Morgan fingerprint density at radius 2 is 1.05 bits per heavy atom. The van der Waals surface area contributed by atoms with Crippen LogP contribution in [0.25, 0.3) is 32.9 Å². The summed E-state index contributed by atoms with van der Waals surface area (Å²) >= 11 is 1.96. The number of nitriles is 1. The summed E-state index contributed by atoms with van der Waals surface area (Å²) in [6.07, 6.45) is -3.55. The van der Waals surface area contributed by atoms with Gasteiger partial charge in [-0.1, -0.05) is 90.2 Å². The number of alkyl halides is 10. The maximum Gasteiger partial charge on any atom is 0.437 e. The number of rotatable bonds is 22. The van der Waals surface area contributed by atoms with Crippen molar-refractivity contribution in [3.05, 3.63) is 137 Å². The number of nitrogens with two attached hydrogens (primary N) is 1. The Hall–Kier alpha value is -8.93. The summed E-state index contributed by atoms with van der Waals surface area (Å²) in [5, 5.41) is 22.5. The molecule has 9 rings (SSSR count). The SMILES string of the molecule is CC#N.CCCc1c(OCCCN(C)C(=O)Nc2cccc(C)n2)ccc2c(C(F)(F)F)noc12.CCCc1c(OCCCN(C)C(=O)n2ccnc2)ccc2c(C(F)(F)F)noc12.CCCc1c(OCCCNC)ccc2c(C(F)(F)F)noc12.Cc1cccc(N)n1.[2H]CI. The zero-order chi connectivity index (χ0) is 71.9. The van der Waals surface area contributed by atoms with Gasteiger partial charge in [-0.25, -0.2) is 24.5 Å². The van der Waals surface area contributed by atoms with E-state index in [4.69, 9.17) is 40.1 Å². The normalized spacial score (nSPS) is 11.2. The first-order chi connectivity index (χ1) is 46.1. The Morgan fingerprint density at radius 3 is 1.40 bits per heavy atom. The number of carbonyl (C=O) groups excluding carboxylic acids is 2.